The van der Waals surface area contributed by atoms with Crippen molar-refractivity contribution in [1.29, 1.82) is 0 Å². The van der Waals surface area contributed by atoms with Crippen LogP contribution in [0.15, 0.2) is 77.3 Å². The van der Waals surface area contributed by atoms with Gasteiger partial charge in [-0.1, -0.05) is 64.5 Å². The molecule has 3 aromatic rings. The molecule has 2 heterocycles. The SMILES string of the molecule is CC(c1ccc(F)cc1)N1CCCC(NC(=O)Nc2cc(Br)ccc2CN2CCN(Cc3ccccc3)CC2)C1=O. The number of piperidine rings is 1. The highest BCUT2D eigenvalue weighted by molar-refractivity contribution is 9.10. The molecule has 2 atom stereocenters. The first-order chi connectivity index (χ1) is 19.9. The van der Waals surface area contributed by atoms with E-state index in [-0.39, 0.29) is 17.8 Å². The molecule has 0 spiro atoms. The van der Waals surface area contributed by atoms with Crippen LogP contribution in [-0.4, -0.2) is 65.4 Å². The summed E-state index contributed by atoms with van der Waals surface area (Å²) < 4.78 is 14.3. The van der Waals surface area contributed by atoms with Gasteiger partial charge in [-0.2, -0.15) is 0 Å². The highest BCUT2D eigenvalue weighted by Gasteiger charge is 2.33. The van der Waals surface area contributed by atoms with Crippen LogP contribution in [0.25, 0.3) is 0 Å². The predicted octanol–water partition coefficient (Wildman–Crippen LogP) is 5.78. The number of hydrogen-bond acceptors (Lipinski definition) is 4. The van der Waals surface area contributed by atoms with E-state index >= 15 is 0 Å². The second kappa shape index (κ2) is 13.6. The second-order valence-electron chi connectivity index (χ2n) is 10.9. The molecule has 2 saturated heterocycles. The number of hydrogen-bond donors (Lipinski definition) is 2. The molecule has 0 radical (unpaired) electrons. The third-order valence-corrected chi connectivity index (χ3v) is 8.52. The zero-order chi connectivity index (χ0) is 28.8. The number of benzene rings is 3. The molecule has 216 valence electrons. The summed E-state index contributed by atoms with van der Waals surface area (Å²) >= 11 is 3.53. The Labute approximate surface area is 249 Å². The van der Waals surface area contributed by atoms with Crippen molar-refractivity contribution in [2.45, 2.75) is 44.9 Å². The van der Waals surface area contributed by atoms with E-state index in [0.29, 0.717) is 13.0 Å². The van der Waals surface area contributed by atoms with Gasteiger partial charge in [-0.25, -0.2) is 9.18 Å². The van der Waals surface area contributed by atoms with Crippen molar-refractivity contribution in [3.05, 3.63) is 99.8 Å². The average Bonchev–Trinajstić information content (AvgIpc) is 2.97. The number of nitrogens with zero attached hydrogens (tertiary/aromatic N) is 3. The van der Waals surface area contributed by atoms with Crippen LogP contribution in [0.2, 0.25) is 0 Å². The maximum absolute atomic E-state index is 13.4. The van der Waals surface area contributed by atoms with Crippen molar-refractivity contribution < 1.29 is 14.0 Å². The zero-order valence-electron chi connectivity index (χ0n) is 23.4. The molecule has 2 fully saturated rings. The van der Waals surface area contributed by atoms with Crippen LogP contribution in [0.5, 0.6) is 0 Å². The molecule has 0 bridgehead atoms. The lowest BCUT2D eigenvalue weighted by molar-refractivity contribution is -0.138. The standard InChI is InChI=1S/C32H37BrFN5O2/c1-23(25-10-13-28(34)14-11-25)39-15-5-8-29(31(39)40)35-32(41)36-30-20-27(33)12-9-26(30)22-38-18-16-37(17-19-38)21-24-6-3-2-4-7-24/h2-4,6-7,9-14,20,23,29H,5,8,15-19,21-22H2,1H3,(H2,35,36,41). The van der Waals surface area contributed by atoms with E-state index < -0.39 is 12.1 Å². The number of anilines is 1. The van der Waals surface area contributed by atoms with Gasteiger partial charge in [0.15, 0.2) is 0 Å². The maximum Gasteiger partial charge on any atom is 0.319 e. The molecule has 3 aromatic carbocycles. The summed E-state index contributed by atoms with van der Waals surface area (Å²) in [5.74, 6) is -0.426. The first kappa shape index (κ1) is 29.2. The monoisotopic (exact) mass is 621 g/mol. The minimum absolute atomic E-state index is 0.119. The van der Waals surface area contributed by atoms with Gasteiger partial charge in [0.2, 0.25) is 5.91 Å². The first-order valence-electron chi connectivity index (χ1n) is 14.3. The predicted molar refractivity (Wildman–Crippen MR) is 163 cm³/mol. The molecule has 2 aliphatic heterocycles. The number of nitrogens with one attached hydrogen (secondary N) is 2. The van der Waals surface area contributed by atoms with Gasteiger partial charge in [-0.05, 0) is 60.7 Å². The summed E-state index contributed by atoms with van der Waals surface area (Å²) in [6, 6.07) is 21.5. The molecule has 7 nitrogen and oxygen atoms in total. The normalized spacial score (nSPS) is 19.1. The third kappa shape index (κ3) is 7.72. The quantitative estimate of drug-likeness (QED) is 0.335. The Balaban J connectivity index is 1.16. The fourth-order valence-corrected chi connectivity index (χ4v) is 6.01. The summed E-state index contributed by atoms with van der Waals surface area (Å²) in [6.07, 6.45) is 1.36. The molecule has 3 amide bonds. The number of carbonyl (C=O) groups excluding carboxylic acids is 2. The van der Waals surface area contributed by atoms with Crippen LogP contribution in [0.3, 0.4) is 0 Å². The lowest BCUT2D eigenvalue weighted by atomic mass is 9.99. The van der Waals surface area contributed by atoms with Crippen molar-refractivity contribution in [2.24, 2.45) is 0 Å². The zero-order valence-corrected chi connectivity index (χ0v) is 24.9. The number of piperazine rings is 1. The van der Waals surface area contributed by atoms with E-state index in [4.69, 9.17) is 0 Å². The van der Waals surface area contributed by atoms with E-state index in [2.05, 4.69) is 60.6 Å². The molecule has 2 unspecified atom stereocenters. The molecule has 2 aliphatic rings. The average molecular weight is 623 g/mol. The van der Waals surface area contributed by atoms with E-state index in [0.717, 1.165) is 67.0 Å². The highest BCUT2D eigenvalue weighted by Crippen LogP contribution is 2.27. The number of carbonyl (C=O) groups is 2. The van der Waals surface area contributed by atoms with Crippen LogP contribution < -0.4 is 10.6 Å². The van der Waals surface area contributed by atoms with Gasteiger partial charge in [-0.15, -0.1) is 0 Å². The Morgan fingerprint density at radius 1 is 0.951 bits per heavy atom. The van der Waals surface area contributed by atoms with Crippen LogP contribution in [0, 0.1) is 5.82 Å². The van der Waals surface area contributed by atoms with Crippen molar-refractivity contribution >= 4 is 33.6 Å². The minimum Gasteiger partial charge on any atom is -0.334 e. The topological polar surface area (TPSA) is 67.9 Å². The molecule has 41 heavy (non-hydrogen) atoms. The lowest BCUT2D eigenvalue weighted by Gasteiger charge is -2.37. The molecular weight excluding hydrogens is 585 g/mol. The van der Waals surface area contributed by atoms with Gasteiger partial charge in [0.1, 0.15) is 11.9 Å². The molecule has 9 heteroatoms. The summed E-state index contributed by atoms with van der Waals surface area (Å²) in [7, 11) is 0. The van der Waals surface area contributed by atoms with E-state index in [9.17, 15) is 14.0 Å². The molecule has 0 aliphatic carbocycles. The second-order valence-corrected chi connectivity index (χ2v) is 11.8. The number of amides is 3. The lowest BCUT2D eigenvalue weighted by Crippen LogP contribution is -2.53. The summed E-state index contributed by atoms with van der Waals surface area (Å²) in [4.78, 5) is 33.1. The van der Waals surface area contributed by atoms with Crippen LogP contribution >= 0.6 is 15.9 Å². The number of rotatable bonds is 8. The Hall–Kier alpha value is -3.27. The van der Waals surface area contributed by atoms with Crippen molar-refractivity contribution in [1.82, 2.24) is 20.0 Å². The Kier molecular flexibility index (Phi) is 9.69. The van der Waals surface area contributed by atoms with Crippen molar-refractivity contribution in [3.63, 3.8) is 0 Å². The highest BCUT2D eigenvalue weighted by atomic mass is 79.9. The smallest absolute Gasteiger partial charge is 0.319 e. The van der Waals surface area contributed by atoms with Crippen LogP contribution in [0.1, 0.15) is 42.5 Å². The van der Waals surface area contributed by atoms with Gasteiger partial charge in [0.25, 0.3) is 0 Å². The van der Waals surface area contributed by atoms with E-state index in [1.807, 2.05) is 31.2 Å². The molecule has 2 N–H and O–H groups in total. The largest absolute Gasteiger partial charge is 0.334 e. The summed E-state index contributed by atoms with van der Waals surface area (Å²) in [5.41, 5.74) is 3.95. The first-order valence-corrected chi connectivity index (χ1v) is 15.1. The van der Waals surface area contributed by atoms with E-state index in [1.54, 1.807) is 17.0 Å². The Morgan fingerprint density at radius 2 is 1.63 bits per heavy atom. The van der Waals surface area contributed by atoms with Gasteiger partial charge in [-0.3, -0.25) is 14.6 Å². The molecule has 5 rings (SSSR count). The Bertz CT molecular complexity index is 1330. The number of urea groups is 1. The number of halogens is 2. The van der Waals surface area contributed by atoms with Crippen LogP contribution in [0.4, 0.5) is 14.9 Å². The molecule has 0 saturated carbocycles. The van der Waals surface area contributed by atoms with Crippen molar-refractivity contribution in [3.8, 4) is 0 Å². The van der Waals surface area contributed by atoms with E-state index in [1.165, 1.54) is 17.7 Å². The maximum atomic E-state index is 13.4. The van der Waals surface area contributed by atoms with Crippen LogP contribution in [-0.2, 0) is 17.9 Å². The van der Waals surface area contributed by atoms with Gasteiger partial charge in [0.05, 0.1) is 6.04 Å². The molecular formula is C32H37BrFN5O2. The fourth-order valence-electron chi connectivity index (χ4n) is 5.65. The third-order valence-electron chi connectivity index (χ3n) is 8.03. The summed E-state index contributed by atoms with van der Waals surface area (Å²) in [5, 5.41) is 5.91. The fraction of sp³-hybridized carbons (Fsp3) is 0.375. The Morgan fingerprint density at radius 3 is 2.34 bits per heavy atom. The van der Waals surface area contributed by atoms with Gasteiger partial charge in [0, 0.05) is 56.0 Å². The summed E-state index contributed by atoms with van der Waals surface area (Å²) in [6.45, 7) is 8.11. The minimum atomic E-state index is -0.611. The number of likely N-dealkylation sites (tertiary alicyclic amines) is 1. The van der Waals surface area contributed by atoms with Gasteiger partial charge >= 0.3 is 6.03 Å². The molecule has 0 aromatic heterocycles. The van der Waals surface area contributed by atoms with Crippen molar-refractivity contribution in [2.75, 3.05) is 38.0 Å². The van der Waals surface area contributed by atoms with Gasteiger partial charge < -0.3 is 15.5 Å².